The Bertz CT molecular complexity index is 325. The molecule has 1 heterocycles. The van der Waals surface area contributed by atoms with Gasteiger partial charge in [-0.25, -0.2) is 8.78 Å². The second-order valence-corrected chi connectivity index (χ2v) is 4.65. The highest BCUT2D eigenvalue weighted by molar-refractivity contribution is 5.78. The molecular weight excluding hydrogens is 272 g/mol. The minimum absolute atomic E-state index is 0.0241. The zero-order valence-electron chi connectivity index (χ0n) is 11.6. The molecule has 1 atom stereocenters. The number of carbonyl (C=O) groups is 2. The summed E-state index contributed by atoms with van der Waals surface area (Å²) in [5.74, 6) is -0.734. The number of halogens is 2. The first-order valence-electron chi connectivity index (χ1n) is 6.84. The van der Waals surface area contributed by atoms with Gasteiger partial charge in [-0.3, -0.25) is 9.59 Å². The second-order valence-electron chi connectivity index (χ2n) is 4.65. The summed E-state index contributed by atoms with van der Waals surface area (Å²) in [5, 5.41) is 0. The molecule has 0 saturated carbocycles. The van der Waals surface area contributed by atoms with Gasteiger partial charge in [0.2, 0.25) is 5.91 Å². The normalized spacial score (nSPS) is 19.2. The highest BCUT2D eigenvalue weighted by atomic mass is 19.3. The molecule has 116 valence electrons. The molecule has 1 fully saturated rings. The van der Waals surface area contributed by atoms with Crippen LogP contribution in [0.4, 0.5) is 8.78 Å². The van der Waals surface area contributed by atoms with Crippen molar-refractivity contribution in [1.82, 2.24) is 4.90 Å². The second kappa shape index (κ2) is 8.84. The number of rotatable bonds is 7. The highest BCUT2D eigenvalue weighted by Gasteiger charge is 2.29. The van der Waals surface area contributed by atoms with Gasteiger partial charge in [0.05, 0.1) is 25.6 Å². The zero-order chi connectivity index (χ0) is 15.0. The molecule has 0 radical (unpaired) electrons. The lowest BCUT2D eigenvalue weighted by molar-refractivity contribution is -0.151. The highest BCUT2D eigenvalue weighted by Crippen LogP contribution is 2.18. The predicted octanol–water partition coefficient (Wildman–Crippen LogP) is 1.46. The monoisotopic (exact) mass is 293 g/mol. The van der Waals surface area contributed by atoms with E-state index in [9.17, 15) is 18.4 Å². The van der Waals surface area contributed by atoms with Crippen LogP contribution in [0.25, 0.3) is 0 Å². The van der Waals surface area contributed by atoms with E-state index < -0.39 is 13.0 Å². The molecule has 0 aliphatic carbocycles. The van der Waals surface area contributed by atoms with Gasteiger partial charge in [0.15, 0.2) is 0 Å². The van der Waals surface area contributed by atoms with Gasteiger partial charge in [-0.15, -0.1) is 0 Å². The molecule has 7 heteroatoms. The Morgan fingerprint density at radius 2 is 2.15 bits per heavy atom. The number of hydrogen-bond acceptors (Lipinski definition) is 4. The van der Waals surface area contributed by atoms with E-state index in [1.165, 1.54) is 0 Å². The van der Waals surface area contributed by atoms with Crippen LogP contribution in [0, 0.1) is 5.92 Å². The number of amides is 1. The third kappa shape index (κ3) is 5.81. The van der Waals surface area contributed by atoms with Crippen LogP contribution in [0.15, 0.2) is 0 Å². The minimum Gasteiger partial charge on any atom is -0.466 e. The maximum atomic E-state index is 11.9. The third-order valence-electron chi connectivity index (χ3n) is 3.10. The molecule has 0 aromatic rings. The maximum absolute atomic E-state index is 11.9. The quantitative estimate of drug-likeness (QED) is 0.527. The molecule has 5 nitrogen and oxygen atoms in total. The van der Waals surface area contributed by atoms with Crippen LogP contribution in [0.5, 0.6) is 0 Å². The van der Waals surface area contributed by atoms with E-state index >= 15 is 0 Å². The fourth-order valence-corrected chi connectivity index (χ4v) is 2.15. The van der Waals surface area contributed by atoms with Crippen molar-refractivity contribution in [1.29, 1.82) is 0 Å². The molecule has 1 amide bonds. The Hall–Kier alpha value is -1.24. The molecular formula is C13H21F2NO4. The van der Waals surface area contributed by atoms with Gasteiger partial charge in [0.1, 0.15) is 6.61 Å². The molecule has 1 aliphatic rings. The van der Waals surface area contributed by atoms with Crippen LogP contribution in [-0.4, -0.2) is 56.1 Å². The number of alkyl halides is 2. The lowest BCUT2D eigenvalue weighted by Crippen LogP contribution is -2.43. The van der Waals surface area contributed by atoms with Crippen LogP contribution in [0.2, 0.25) is 0 Å². The average molecular weight is 293 g/mol. The summed E-state index contributed by atoms with van der Waals surface area (Å²) in [7, 11) is 0. The Labute approximate surface area is 117 Å². The van der Waals surface area contributed by atoms with Crippen molar-refractivity contribution in [2.24, 2.45) is 5.92 Å². The van der Waals surface area contributed by atoms with Crippen LogP contribution in [0.1, 0.15) is 26.2 Å². The molecule has 1 rings (SSSR count). The number of carbonyl (C=O) groups excluding carboxylic acids is 2. The summed E-state index contributed by atoms with van der Waals surface area (Å²) in [6.07, 6.45) is -1.01. The maximum Gasteiger partial charge on any atom is 0.310 e. The Morgan fingerprint density at radius 1 is 1.40 bits per heavy atom. The van der Waals surface area contributed by atoms with Gasteiger partial charge >= 0.3 is 5.97 Å². The van der Waals surface area contributed by atoms with E-state index in [1.807, 2.05) is 0 Å². The number of hydrogen-bond donors (Lipinski definition) is 0. The molecule has 0 N–H and O–H groups in total. The Morgan fingerprint density at radius 3 is 2.80 bits per heavy atom. The third-order valence-corrected chi connectivity index (χ3v) is 3.10. The minimum atomic E-state index is -2.52. The number of likely N-dealkylation sites (tertiary alicyclic amines) is 1. The number of piperidine rings is 1. The van der Waals surface area contributed by atoms with Gasteiger partial charge in [0, 0.05) is 13.1 Å². The molecule has 1 aliphatic heterocycles. The Balaban J connectivity index is 2.31. The smallest absolute Gasteiger partial charge is 0.310 e. The Kier molecular flexibility index (Phi) is 7.43. The van der Waals surface area contributed by atoms with Gasteiger partial charge in [-0.2, -0.15) is 0 Å². The largest absolute Gasteiger partial charge is 0.466 e. The van der Waals surface area contributed by atoms with Gasteiger partial charge in [-0.05, 0) is 19.8 Å². The SMILES string of the molecule is CCOC(=O)[C@H]1CCCN(C(=O)CCOCC(F)F)C1. The van der Waals surface area contributed by atoms with E-state index in [-0.39, 0.29) is 30.8 Å². The van der Waals surface area contributed by atoms with Crippen molar-refractivity contribution >= 4 is 11.9 Å². The van der Waals surface area contributed by atoms with Crippen molar-refractivity contribution in [2.75, 3.05) is 32.9 Å². The standard InChI is InChI=1S/C13H21F2NO4/c1-2-20-13(18)10-4-3-6-16(8-10)12(17)5-7-19-9-11(14)15/h10-11H,2-9H2,1H3/t10-/m0/s1. The fourth-order valence-electron chi connectivity index (χ4n) is 2.15. The molecule has 0 unspecified atom stereocenters. The number of nitrogens with zero attached hydrogens (tertiary/aromatic N) is 1. The molecule has 0 spiro atoms. The lowest BCUT2D eigenvalue weighted by atomic mass is 9.98. The summed E-state index contributed by atoms with van der Waals surface area (Å²) < 4.78 is 33.3. The summed E-state index contributed by atoms with van der Waals surface area (Å²) in [5.41, 5.74) is 0. The molecule has 1 saturated heterocycles. The predicted molar refractivity (Wildman–Crippen MR) is 67.4 cm³/mol. The summed E-state index contributed by atoms with van der Waals surface area (Å²) in [6, 6.07) is 0. The van der Waals surface area contributed by atoms with E-state index in [2.05, 4.69) is 4.74 Å². The van der Waals surface area contributed by atoms with Crippen molar-refractivity contribution < 1.29 is 27.8 Å². The van der Waals surface area contributed by atoms with Gasteiger partial charge < -0.3 is 14.4 Å². The summed E-state index contributed by atoms with van der Waals surface area (Å²) >= 11 is 0. The molecule has 0 bridgehead atoms. The molecule has 20 heavy (non-hydrogen) atoms. The van der Waals surface area contributed by atoms with Gasteiger partial charge in [0.25, 0.3) is 6.43 Å². The van der Waals surface area contributed by atoms with Gasteiger partial charge in [-0.1, -0.05) is 0 Å². The van der Waals surface area contributed by atoms with Crippen LogP contribution in [-0.2, 0) is 19.1 Å². The first kappa shape index (κ1) is 16.8. The van der Waals surface area contributed by atoms with E-state index in [0.29, 0.717) is 26.1 Å². The van der Waals surface area contributed by atoms with Crippen molar-refractivity contribution in [3.05, 3.63) is 0 Å². The first-order chi connectivity index (χ1) is 9.54. The molecule has 0 aromatic carbocycles. The van der Waals surface area contributed by atoms with Crippen LogP contribution in [0.3, 0.4) is 0 Å². The van der Waals surface area contributed by atoms with E-state index in [1.54, 1.807) is 11.8 Å². The fraction of sp³-hybridized carbons (Fsp3) is 0.846. The zero-order valence-corrected chi connectivity index (χ0v) is 11.6. The van der Waals surface area contributed by atoms with Crippen LogP contribution < -0.4 is 0 Å². The first-order valence-corrected chi connectivity index (χ1v) is 6.84. The number of ether oxygens (including phenoxy) is 2. The summed E-state index contributed by atoms with van der Waals surface area (Å²) in [6.45, 7) is 2.31. The van der Waals surface area contributed by atoms with Crippen LogP contribution >= 0.6 is 0 Å². The number of esters is 1. The van der Waals surface area contributed by atoms with E-state index in [0.717, 1.165) is 6.42 Å². The van der Waals surface area contributed by atoms with Crippen molar-refractivity contribution in [3.63, 3.8) is 0 Å². The summed E-state index contributed by atoms with van der Waals surface area (Å²) in [4.78, 5) is 25.1. The average Bonchev–Trinajstić information content (AvgIpc) is 2.43. The molecule has 0 aromatic heterocycles. The van der Waals surface area contributed by atoms with Crippen molar-refractivity contribution in [2.45, 2.75) is 32.6 Å². The topological polar surface area (TPSA) is 55.8 Å². The van der Waals surface area contributed by atoms with Crippen molar-refractivity contribution in [3.8, 4) is 0 Å². The lowest BCUT2D eigenvalue weighted by Gasteiger charge is -2.31. The van der Waals surface area contributed by atoms with E-state index in [4.69, 9.17) is 4.74 Å².